The van der Waals surface area contributed by atoms with E-state index in [9.17, 15) is 9.59 Å². The summed E-state index contributed by atoms with van der Waals surface area (Å²) >= 11 is 1.66. The summed E-state index contributed by atoms with van der Waals surface area (Å²) in [6, 6.07) is -0.324. The first-order valence-corrected chi connectivity index (χ1v) is 9.65. The number of rotatable bonds is 6. The Bertz CT molecular complexity index is 461. The van der Waals surface area contributed by atoms with Crippen LogP contribution in [-0.4, -0.2) is 65.6 Å². The molecule has 0 radical (unpaired) electrons. The Balaban J connectivity index is 2.03. The number of carbonyl (C=O) groups excluding carboxylic acids is 2. The van der Waals surface area contributed by atoms with Crippen molar-refractivity contribution in [2.45, 2.75) is 39.7 Å². The molecule has 2 saturated heterocycles. The molecule has 2 aliphatic heterocycles. The molecule has 2 rings (SSSR count). The maximum atomic E-state index is 12.9. The minimum atomic E-state index is -0.324. The number of nitrogens with zero attached hydrogens (tertiary/aromatic N) is 2. The highest BCUT2D eigenvalue weighted by atomic mass is 32.2. The predicted molar refractivity (Wildman–Crippen MR) is 93.2 cm³/mol. The largest absolute Gasteiger partial charge is 0.381 e. The third-order valence-corrected chi connectivity index (χ3v) is 5.48. The van der Waals surface area contributed by atoms with Crippen molar-refractivity contribution in [2.75, 3.05) is 37.9 Å². The third-order valence-electron chi connectivity index (χ3n) is 4.47. The minimum Gasteiger partial charge on any atom is -0.381 e. The molecule has 0 N–H and O–H groups in total. The first-order chi connectivity index (χ1) is 11.1. The highest BCUT2D eigenvalue weighted by Gasteiger charge is 2.37. The molecular formula is C17H28N2O3S. The van der Waals surface area contributed by atoms with Crippen LogP contribution in [0.1, 0.15) is 33.6 Å². The van der Waals surface area contributed by atoms with Crippen LogP contribution >= 0.6 is 11.8 Å². The number of thioether (sulfide) groups is 1. The molecule has 0 aromatic rings. The molecule has 23 heavy (non-hydrogen) atoms. The summed E-state index contributed by atoms with van der Waals surface area (Å²) in [6.45, 7) is 8.81. The van der Waals surface area contributed by atoms with Gasteiger partial charge in [0.05, 0.1) is 12.5 Å². The summed E-state index contributed by atoms with van der Waals surface area (Å²) < 4.78 is 5.41. The van der Waals surface area contributed by atoms with Crippen LogP contribution in [0, 0.1) is 5.92 Å². The minimum absolute atomic E-state index is 0.00421. The zero-order valence-electron chi connectivity index (χ0n) is 14.4. The second kappa shape index (κ2) is 8.73. The Labute approximate surface area is 143 Å². The lowest BCUT2D eigenvalue weighted by molar-refractivity contribution is -0.142. The zero-order valence-corrected chi connectivity index (χ0v) is 15.2. The van der Waals surface area contributed by atoms with Crippen LogP contribution in [0.3, 0.4) is 0 Å². The molecule has 2 unspecified atom stereocenters. The molecule has 0 aliphatic carbocycles. The fraction of sp³-hybridized carbons (Fsp3) is 0.765. The van der Waals surface area contributed by atoms with E-state index in [0.717, 1.165) is 38.2 Å². The number of hydrogen-bond donors (Lipinski definition) is 0. The van der Waals surface area contributed by atoms with Crippen LogP contribution in [-0.2, 0) is 14.3 Å². The van der Waals surface area contributed by atoms with Crippen molar-refractivity contribution in [3.63, 3.8) is 0 Å². The van der Waals surface area contributed by atoms with Crippen LogP contribution in [0.4, 0.5) is 0 Å². The molecule has 0 spiro atoms. The molecule has 0 aromatic carbocycles. The van der Waals surface area contributed by atoms with Gasteiger partial charge in [0.1, 0.15) is 6.04 Å². The average molecular weight is 340 g/mol. The Hall–Kier alpha value is -1.01. The van der Waals surface area contributed by atoms with Gasteiger partial charge in [0, 0.05) is 36.9 Å². The summed E-state index contributed by atoms with van der Waals surface area (Å²) in [5.41, 5.74) is 0.736. The molecule has 2 aliphatic rings. The molecule has 6 heteroatoms. The van der Waals surface area contributed by atoms with Crippen molar-refractivity contribution < 1.29 is 14.3 Å². The van der Waals surface area contributed by atoms with Crippen LogP contribution in [0.25, 0.3) is 0 Å². The van der Waals surface area contributed by atoms with Crippen molar-refractivity contribution in [2.24, 2.45) is 5.92 Å². The highest BCUT2D eigenvalue weighted by molar-refractivity contribution is 7.99. The maximum absolute atomic E-state index is 12.9. The first-order valence-electron chi connectivity index (χ1n) is 8.50. The van der Waals surface area contributed by atoms with Crippen molar-refractivity contribution in [3.05, 3.63) is 11.6 Å². The van der Waals surface area contributed by atoms with Gasteiger partial charge in [0.15, 0.2) is 0 Å². The lowest BCUT2D eigenvalue weighted by atomic mass is 10.1. The van der Waals surface area contributed by atoms with Gasteiger partial charge in [-0.05, 0) is 26.7 Å². The van der Waals surface area contributed by atoms with Gasteiger partial charge in [-0.25, -0.2) is 0 Å². The average Bonchev–Trinajstić information content (AvgIpc) is 3.22. The van der Waals surface area contributed by atoms with E-state index in [4.69, 9.17) is 4.74 Å². The number of hydrogen-bond acceptors (Lipinski definition) is 4. The van der Waals surface area contributed by atoms with Gasteiger partial charge in [0.25, 0.3) is 5.91 Å². The van der Waals surface area contributed by atoms with Crippen molar-refractivity contribution in [1.29, 1.82) is 0 Å². The summed E-state index contributed by atoms with van der Waals surface area (Å²) in [6.07, 6.45) is 3.78. The second-order valence-electron chi connectivity index (χ2n) is 6.19. The van der Waals surface area contributed by atoms with Gasteiger partial charge < -0.3 is 14.5 Å². The van der Waals surface area contributed by atoms with Crippen LogP contribution in [0.15, 0.2) is 11.6 Å². The van der Waals surface area contributed by atoms with E-state index in [-0.39, 0.29) is 17.9 Å². The van der Waals surface area contributed by atoms with Crippen LogP contribution in [0.5, 0.6) is 0 Å². The van der Waals surface area contributed by atoms with Crippen LogP contribution < -0.4 is 0 Å². The van der Waals surface area contributed by atoms with E-state index in [2.05, 4.69) is 0 Å². The highest BCUT2D eigenvalue weighted by Crippen LogP contribution is 2.25. The molecular weight excluding hydrogens is 312 g/mol. The number of ether oxygens (including phenoxy) is 1. The number of allylic oxidation sites excluding steroid dienone is 1. The molecule has 0 bridgehead atoms. The van der Waals surface area contributed by atoms with Gasteiger partial charge in [-0.2, -0.15) is 0 Å². The standard InChI is InChI=1S/C17H28N2O3S/c1-4-6-13(3)16(20)19-12-23-11-15(19)17(21)18(5-2)9-14-7-8-22-10-14/h6,14-15H,4-5,7-12H2,1-3H3. The molecule has 2 atom stereocenters. The number of likely N-dealkylation sites (N-methyl/N-ethyl adjacent to an activating group) is 1. The molecule has 130 valence electrons. The molecule has 5 nitrogen and oxygen atoms in total. The van der Waals surface area contributed by atoms with Gasteiger partial charge >= 0.3 is 0 Å². The number of amides is 2. The fourth-order valence-electron chi connectivity index (χ4n) is 3.09. The van der Waals surface area contributed by atoms with Gasteiger partial charge in [-0.1, -0.05) is 13.0 Å². The summed E-state index contributed by atoms with van der Waals surface area (Å²) in [4.78, 5) is 29.1. The fourth-order valence-corrected chi connectivity index (χ4v) is 4.24. The second-order valence-corrected chi connectivity index (χ2v) is 7.19. The van der Waals surface area contributed by atoms with Crippen molar-refractivity contribution in [3.8, 4) is 0 Å². The summed E-state index contributed by atoms with van der Waals surface area (Å²) in [5, 5.41) is 0. The first kappa shape index (κ1) is 18.3. The maximum Gasteiger partial charge on any atom is 0.250 e. The Morgan fingerprint density at radius 1 is 1.39 bits per heavy atom. The molecule has 0 aromatic heterocycles. The van der Waals surface area contributed by atoms with Crippen molar-refractivity contribution >= 4 is 23.6 Å². The quantitative estimate of drug-likeness (QED) is 0.695. The van der Waals surface area contributed by atoms with Crippen LogP contribution in [0.2, 0.25) is 0 Å². The number of carbonyl (C=O) groups is 2. The Morgan fingerprint density at radius 3 is 2.78 bits per heavy atom. The summed E-state index contributed by atoms with van der Waals surface area (Å²) in [5.74, 6) is 1.81. The molecule has 0 saturated carbocycles. The van der Waals surface area contributed by atoms with E-state index >= 15 is 0 Å². The van der Waals surface area contributed by atoms with Crippen molar-refractivity contribution in [1.82, 2.24) is 9.80 Å². The normalized spacial score (nSPS) is 25.0. The smallest absolute Gasteiger partial charge is 0.250 e. The molecule has 2 amide bonds. The lowest BCUT2D eigenvalue weighted by Crippen LogP contribution is -2.50. The van der Waals surface area contributed by atoms with E-state index in [1.54, 1.807) is 16.7 Å². The zero-order chi connectivity index (χ0) is 16.8. The van der Waals surface area contributed by atoms with E-state index < -0.39 is 0 Å². The molecule has 2 heterocycles. The van der Waals surface area contributed by atoms with Gasteiger partial charge in [0.2, 0.25) is 5.91 Å². The Morgan fingerprint density at radius 2 is 2.17 bits per heavy atom. The topological polar surface area (TPSA) is 49.9 Å². The third kappa shape index (κ3) is 4.51. The van der Waals surface area contributed by atoms with Gasteiger partial charge in [-0.3, -0.25) is 9.59 Å². The SMILES string of the molecule is CCC=C(C)C(=O)N1CSCC1C(=O)N(CC)CC1CCOC1. The lowest BCUT2D eigenvalue weighted by Gasteiger charge is -2.30. The van der Waals surface area contributed by atoms with E-state index in [1.165, 1.54) is 0 Å². The molecule has 2 fully saturated rings. The Kier molecular flexibility index (Phi) is 6.96. The van der Waals surface area contributed by atoms with E-state index in [0.29, 0.717) is 24.1 Å². The van der Waals surface area contributed by atoms with Gasteiger partial charge in [-0.15, -0.1) is 11.8 Å². The monoisotopic (exact) mass is 340 g/mol. The predicted octanol–water partition coefficient (Wildman–Crippen LogP) is 2.13. The van der Waals surface area contributed by atoms with E-state index in [1.807, 2.05) is 31.7 Å². The summed E-state index contributed by atoms with van der Waals surface area (Å²) in [7, 11) is 0.